The molecule has 2 saturated heterocycles. The van der Waals surface area contributed by atoms with Crippen molar-refractivity contribution in [3.63, 3.8) is 0 Å². The van der Waals surface area contributed by atoms with Gasteiger partial charge in [-0.3, -0.25) is 9.69 Å². The van der Waals surface area contributed by atoms with Gasteiger partial charge in [0.25, 0.3) is 5.91 Å². The highest BCUT2D eigenvalue weighted by molar-refractivity contribution is 5.94. The van der Waals surface area contributed by atoms with Crippen LogP contribution in [-0.2, 0) is 6.54 Å². The fraction of sp³-hybridized carbons (Fsp3) is 0.409. The van der Waals surface area contributed by atoms with Gasteiger partial charge in [0.15, 0.2) is 5.65 Å². The number of carbonyl (C=O) groups is 1. The average Bonchev–Trinajstić information content (AvgIpc) is 3.28. The van der Waals surface area contributed by atoms with Gasteiger partial charge in [-0.25, -0.2) is 9.50 Å². The molecule has 2 bridgehead atoms. The molecule has 4 heterocycles. The maximum atomic E-state index is 12.8. The van der Waals surface area contributed by atoms with Crippen LogP contribution in [0.1, 0.15) is 41.6 Å². The third-order valence-corrected chi connectivity index (χ3v) is 6.41. The lowest BCUT2D eigenvalue weighted by molar-refractivity contribution is 0.0477. The van der Waals surface area contributed by atoms with Gasteiger partial charge in [0, 0.05) is 61.3 Å². The van der Waals surface area contributed by atoms with Crippen LogP contribution in [0, 0.1) is 0 Å². The molecule has 6 nitrogen and oxygen atoms in total. The number of aromatic nitrogens is 3. The van der Waals surface area contributed by atoms with E-state index < -0.39 is 0 Å². The molecule has 3 aromatic rings. The second-order valence-corrected chi connectivity index (χ2v) is 8.06. The molecule has 0 saturated carbocycles. The molecule has 0 aliphatic carbocycles. The molecule has 2 unspecified atom stereocenters. The Labute approximate surface area is 164 Å². The van der Waals surface area contributed by atoms with Crippen molar-refractivity contribution >= 4 is 11.6 Å². The third kappa shape index (κ3) is 3.07. The van der Waals surface area contributed by atoms with Crippen molar-refractivity contribution in [3.8, 4) is 0 Å². The molecule has 28 heavy (non-hydrogen) atoms. The lowest BCUT2D eigenvalue weighted by atomic mass is 9.95. The molecule has 2 fully saturated rings. The molecule has 5 rings (SSSR count). The summed E-state index contributed by atoms with van der Waals surface area (Å²) in [5.41, 5.74) is 2.85. The summed E-state index contributed by atoms with van der Waals surface area (Å²) < 4.78 is 1.84. The van der Waals surface area contributed by atoms with Gasteiger partial charge in [0.05, 0.1) is 6.20 Å². The number of amides is 1. The van der Waals surface area contributed by atoms with E-state index in [2.05, 4.69) is 21.2 Å². The molecule has 1 amide bonds. The summed E-state index contributed by atoms with van der Waals surface area (Å²) >= 11 is 0. The fourth-order valence-electron chi connectivity index (χ4n) is 4.91. The monoisotopic (exact) mass is 375 g/mol. The predicted octanol–water partition coefficient (Wildman–Crippen LogP) is 3.00. The van der Waals surface area contributed by atoms with Crippen molar-refractivity contribution in [2.24, 2.45) is 0 Å². The van der Waals surface area contributed by atoms with Crippen LogP contribution >= 0.6 is 0 Å². The highest BCUT2D eigenvalue weighted by Gasteiger charge is 2.42. The molecule has 6 heteroatoms. The van der Waals surface area contributed by atoms with E-state index in [1.807, 2.05) is 59.1 Å². The van der Waals surface area contributed by atoms with Crippen molar-refractivity contribution < 1.29 is 4.79 Å². The normalized spacial score (nSPS) is 24.5. The van der Waals surface area contributed by atoms with E-state index in [9.17, 15) is 4.79 Å². The molecule has 0 radical (unpaired) electrons. The third-order valence-electron chi connectivity index (χ3n) is 6.41. The van der Waals surface area contributed by atoms with Crippen LogP contribution in [0.4, 0.5) is 0 Å². The first kappa shape index (κ1) is 17.4. The SMILES string of the molecule is CN(C(=O)c1ccccc1)C1CC2CCC(C1)N2Cc1cnc2ccnn2c1. The van der Waals surface area contributed by atoms with Crippen LogP contribution in [-0.4, -0.2) is 55.5 Å². The Morgan fingerprint density at radius 1 is 1.14 bits per heavy atom. The molecular formula is C22H25N5O. The zero-order valence-corrected chi connectivity index (χ0v) is 16.1. The standard InChI is InChI=1S/C22H25N5O/c1-25(22(28)17-5-3-2-4-6-17)20-11-18-7-8-19(12-20)26(18)14-16-13-23-21-9-10-24-27(21)15-16/h2-6,9-10,13,15,18-20H,7-8,11-12,14H2,1H3. The van der Waals surface area contributed by atoms with Gasteiger partial charge >= 0.3 is 0 Å². The molecule has 0 N–H and O–H groups in total. The van der Waals surface area contributed by atoms with Crippen LogP contribution in [0.2, 0.25) is 0 Å². The van der Waals surface area contributed by atoms with Gasteiger partial charge in [-0.2, -0.15) is 5.10 Å². The van der Waals surface area contributed by atoms with Gasteiger partial charge in [-0.15, -0.1) is 0 Å². The van der Waals surface area contributed by atoms with Crippen LogP contribution < -0.4 is 0 Å². The minimum atomic E-state index is 0.131. The minimum Gasteiger partial charge on any atom is -0.339 e. The summed E-state index contributed by atoms with van der Waals surface area (Å²) in [5.74, 6) is 0.131. The first-order valence-electron chi connectivity index (χ1n) is 10.1. The number of hydrogen-bond acceptors (Lipinski definition) is 4. The van der Waals surface area contributed by atoms with Gasteiger partial charge in [-0.1, -0.05) is 18.2 Å². The van der Waals surface area contributed by atoms with Gasteiger partial charge in [0.2, 0.25) is 0 Å². The Bertz CT molecular complexity index is 971. The van der Waals surface area contributed by atoms with Crippen LogP contribution in [0.25, 0.3) is 5.65 Å². The van der Waals surface area contributed by atoms with E-state index in [1.165, 1.54) is 18.4 Å². The summed E-state index contributed by atoms with van der Waals surface area (Å²) in [7, 11) is 1.96. The Hall–Kier alpha value is -2.73. The topological polar surface area (TPSA) is 53.7 Å². The van der Waals surface area contributed by atoms with E-state index >= 15 is 0 Å². The van der Waals surface area contributed by atoms with Crippen molar-refractivity contribution in [2.75, 3.05) is 7.05 Å². The first-order valence-corrected chi connectivity index (χ1v) is 10.1. The fourth-order valence-corrected chi connectivity index (χ4v) is 4.91. The summed E-state index contributed by atoms with van der Waals surface area (Å²) in [6.07, 6.45) is 10.3. The second kappa shape index (κ2) is 7.02. The largest absolute Gasteiger partial charge is 0.339 e. The summed E-state index contributed by atoms with van der Waals surface area (Å²) in [6.45, 7) is 0.904. The average molecular weight is 375 g/mol. The van der Waals surface area contributed by atoms with Crippen LogP contribution in [0.5, 0.6) is 0 Å². The van der Waals surface area contributed by atoms with Gasteiger partial charge < -0.3 is 4.90 Å². The Kier molecular flexibility index (Phi) is 4.36. The number of nitrogens with zero attached hydrogens (tertiary/aromatic N) is 5. The Morgan fingerprint density at radius 2 is 1.89 bits per heavy atom. The van der Waals surface area contributed by atoms with Crippen LogP contribution in [0.3, 0.4) is 0 Å². The van der Waals surface area contributed by atoms with Crippen LogP contribution in [0.15, 0.2) is 55.0 Å². The highest BCUT2D eigenvalue weighted by atomic mass is 16.2. The van der Waals surface area contributed by atoms with Crippen molar-refractivity contribution in [2.45, 2.75) is 50.4 Å². The van der Waals surface area contributed by atoms with Crippen molar-refractivity contribution in [1.82, 2.24) is 24.4 Å². The molecule has 2 aromatic heterocycles. The molecular weight excluding hydrogens is 350 g/mol. The quantitative estimate of drug-likeness (QED) is 0.703. The summed E-state index contributed by atoms with van der Waals surface area (Å²) in [5, 5.41) is 4.30. The summed E-state index contributed by atoms with van der Waals surface area (Å²) in [6, 6.07) is 12.9. The van der Waals surface area contributed by atoms with Gasteiger partial charge in [-0.05, 0) is 37.8 Å². The molecule has 2 aliphatic rings. The Balaban J connectivity index is 1.28. The number of hydrogen-bond donors (Lipinski definition) is 0. The maximum absolute atomic E-state index is 12.8. The zero-order chi connectivity index (χ0) is 19.1. The second-order valence-electron chi connectivity index (χ2n) is 8.06. The number of carbonyl (C=O) groups excluding carboxylic acids is 1. The lowest BCUT2D eigenvalue weighted by Gasteiger charge is -2.42. The van der Waals surface area contributed by atoms with E-state index in [4.69, 9.17) is 0 Å². The highest BCUT2D eigenvalue weighted by Crippen LogP contribution is 2.38. The van der Waals surface area contributed by atoms with Crippen molar-refractivity contribution in [3.05, 3.63) is 66.1 Å². The lowest BCUT2D eigenvalue weighted by Crippen LogP contribution is -2.50. The Morgan fingerprint density at radius 3 is 2.64 bits per heavy atom. The van der Waals surface area contributed by atoms with E-state index in [-0.39, 0.29) is 5.91 Å². The predicted molar refractivity (Wildman–Crippen MR) is 107 cm³/mol. The number of fused-ring (bicyclic) bond motifs is 3. The van der Waals surface area contributed by atoms with Crippen molar-refractivity contribution in [1.29, 1.82) is 0 Å². The molecule has 1 aromatic carbocycles. The van der Waals surface area contributed by atoms with E-state index in [1.54, 1.807) is 6.20 Å². The number of rotatable bonds is 4. The van der Waals surface area contributed by atoms with E-state index in [0.29, 0.717) is 18.1 Å². The minimum absolute atomic E-state index is 0.131. The first-order chi connectivity index (χ1) is 13.7. The molecule has 144 valence electrons. The van der Waals surface area contributed by atoms with E-state index in [0.717, 1.165) is 30.6 Å². The van der Waals surface area contributed by atoms with Gasteiger partial charge in [0.1, 0.15) is 0 Å². The molecule has 2 atom stereocenters. The number of piperidine rings is 1. The molecule has 2 aliphatic heterocycles. The summed E-state index contributed by atoms with van der Waals surface area (Å²) in [4.78, 5) is 21.9. The molecule has 0 spiro atoms. The smallest absolute Gasteiger partial charge is 0.253 e. The maximum Gasteiger partial charge on any atom is 0.253 e. The number of benzene rings is 1. The zero-order valence-electron chi connectivity index (χ0n) is 16.1.